The van der Waals surface area contributed by atoms with E-state index in [1.54, 1.807) is 44.4 Å². The molecule has 41 heavy (non-hydrogen) atoms. The van der Waals surface area contributed by atoms with E-state index in [0.29, 0.717) is 46.7 Å². The molecule has 2 heterocycles. The topological polar surface area (TPSA) is 103 Å². The van der Waals surface area contributed by atoms with Gasteiger partial charge in [0.1, 0.15) is 29.8 Å². The summed E-state index contributed by atoms with van der Waals surface area (Å²) in [6, 6.07) is 13.6. The summed E-state index contributed by atoms with van der Waals surface area (Å²) in [5, 5.41) is 19.2. The lowest BCUT2D eigenvalue weighted by molar-refractivity contribution is -0.0424. The van der Waals surface area contributed by atoms with Crippen molar-refractivity contribution in [2.45, 2.75) is 32.8 Å². The fourth-order valence-corrected chi connectivity index (χ4v) is 4.46. The van der Waals surface area contributed by atoms with Crippen molar-refractivity contribution in [2.24, 2.45) is 0 Å². The Morgan fingerprint density at radius 1 is 0.902 bits per heavy atom. The summed E-state index contributed by atoms with van der Waals surface area (Å²) < 4.78 is 56.7. The van der Waals surface area contributed by atoms with Gasteiger partial charge in [-0.3, -0.25) is 0 Å². The summed E-state index contributed by atoms with van der Waals surface area (Å²) in [6.45, 7) is 2.38. The van der Waals surface area contributed by atoms with Gasteiger partial charge in [-0.05, 0) is 42.3 Å². The number of imidazole rings is 1. The molecule has 0 saturated heterocycles. The highest BCUT2D eigenvalue weighted by Crippen LogP contribution is 2.27. The minimum atomic E-state index is -1.64. The maximum Gasteiger partial charge on any atom is 0.317 e. The first-order valence-electron chi connectivity index (χ1n) is 12.8. The molecule has 0 unspecified atom stereocenters. The maximum atomic E-state index is 15.3. The zero-order chi connectivity index (χ0) is 29.1. The molecule has 0 amide bonds. The molecule has 0 saturated carbocycles. The summed E-state index contributed by atoms with van der Waals surface area (Å²) in [5.74, 6) is -1.26. The molecular weight excluding hydrogens is 537 g/mol. The second-order valence-corrected chi connectivity index (χ2v) is 9.51. The Labute approximate surface area is 233 Å². The van der Waals surface area contributed by atoms with Crippen LogP contribution in [0.15, 0.2) is 60.8 Å². The molecule has 0 spiro atoms. The number of aryl methyl sites for hydroxylation is 1. The molecule has 0 aliphatic carbocycles. The predicted molar refractivity (Wildman–Crippen MR) is 144 cm³/mol. The molecule has 2 N–H and O–H groups in total. The van der Waals surface area contributed by atoms with Gasteiger partial charge in [-0.2, -0.15) is 4.98 Å². The highest BCUT2D eigenvalue weighted by molar-refractivity contribution is 5.77. The van der Waals surface area contributed by atoms with Gasteiger partial charge in [0.2, 0.25) is 0 Å². The normalized spacial score (nSPS) is 11.5. The Bertz CT molecular complexity index is 1710. The smallest absolute Gasteiger partial charge is 0.317 e. The lowest BCUT2D eigenvalue weighted by atomic mass is 10.1. The second-order valence-electron chi connectivity index (χ2n) is 9.51. The van der Waals surface area contributed by atoms with Crippen molar-refractivity contribution in [3.63, 3.8) is 0 Å². The highest BCUT2D eigenvalue weighted by Gasteiger charge is 2.18. The van der Waals surface area contributed by atoms with Crippen LogP contribution in [-0.2, 0) is 24.3 Å². The number of halogens is 3. The van der Waals surface area contributed by atoms with Crippen molar-refractivity contribution in [1.82, 2.24) is 19.5 Å². The van der Waals surface area contributed by atoms with Crippen LogP contribution in [0.3, 0.4) is 0 Å². The van der Waals surface area contributed by atoms with E-state index in [2.05, 4.69) is 15.0 Å². The minimum Gasteiger partial charge on any atom is -0.458 e. The average molecular weight is 565 g/mol. The van der Waals surface area contributed by atoms with Crippen LogP contribution in [-0.4, -0.2) is 43.4 Å². The maximum absolute atomic E-state index is 15.3. The van der Waals surface area contributed by atoms with Gasteiger partial charge in [-0.1, -0.05) is 30.3 Å². The van der Waals surface area contributed by atoms with Crippen LogP contribution in [0.5, 0.6) is 6.01 Å². The van der Waals surface area contributed by atoms with E-state index in [-0.39, 0.29) is 30.3 Å². The van der Waals surface area contributed by atoms with Gasteiger partial charge in [0.15, 0.2) is 12.1 Å². The zero-order valence-electron chi connectivity index (χ0n) is 22.3. The summed E-state index contributed by atoms with van der Waals surface area (Å²) >= 11 is 0. The molecule has 0 aliphatic heterocycles. The largest absolute Gasteiger partial charge is 0.458 e. The quantitative estimate of drug-likeness (QED) is 0.230. The molecule has 212 valence electrons. The van der Waals surface area contributed by atoms with Crippen LogP contribution in [0.1, 0.15) is 34.4 Å². The Morgan fingerprint density at radius 3 is 2.41 bits per heavy atom. The first-order chi connectivity index (χ1) is 19.7. The number of rotatable bonds is 10. The van der Waals surface area contributed by atoms with E-state index in [1.807, 2.05) is 4.57 Å². The Kier molecular flexibility index (Phi) is 8.29. The zero-order valence-corrected chi connectivity index (χ0v) is 22.3. The molecule has 11 heteroatoms. The highest BCUT2D eigenvalue weighted by atomic mass is 19.1. The number of aliphatic hydroxyl groups is 2. The Morgan fingerprint density at radius 2 is 1.68 bits per heavy atom. The van der Waals surface area contributed by atoms with Crippen LogP contribution >= 0.6 is 0 Å². The van der Waals surface area contributed by atoms with E-state index in [1.165, 1.54) is 24.3 Å². The van der Waals surface area contributed by atoms with Gasteiger partial charge >= 0.3 is 6.01 Å². The van der Waals surface area contributed by atoms with E-state index < -0.39 is 23.7 Å². The lowest BCUT2D eigenvalue weighted by Crippen LogP contribution is -2.10. The van der Waals surface area contributed by atoms with Gasteiger partial charge in [-0.25, -0.2) is 23.1 Å². The van der Waals surface area contributed by atoms with Crippen LogP contribution in [0.4, 0.5) is 13.2 Å². The van der Waals surface area contributed by atoms with Gasteiger partial charge in [0.05, 0.1) is 23.8 Å². The van der Waals surface area contributed by atoms with Gasteiger partial charge in [0, 0.05) is 36.8 Å². The minimum absolute atomic E-state index is 0.115. The Hall–Kier alpha value is -4.32. The number of fused-ring (bicyclic) bond motifs is 1. The van der Waals surface area contributed by atoms with Crippen LogP contribution < -0.4 is 4.74 Å². The number of benzene rings is 3. The summed E-state index contributed by atoms with van der Waals surface area (Å²) in [5.41, 5.74) is 2.95. The standard InChI is InChI=1S/C30H27F3N4O4/c1-17-3-4-21(22(31)11-17)16-41-30-34-15-24(33)28(36-30)19-6-5-18(23(32)12-19)14-27-35-25-8-7-20(29(38)39)13-26(25)37(27)9-10-40-2/h3-8,11-13,15,29,38-39H,9-10,14,16H2,1-2H3. The summed E-state index contributed by atoms with van der Waals surface area (Å²) in [7, 11) is 1.56. The SMILES string of the molecule is COCCn1c(Cc2ccc(-c3nc(OCc4ccc(C)cc4F)ncc3F)cc2F)nc2ccc(C(O)O)cc21. The number of methoxy groups -OCH3 is 1. The van der Waals surface area contributed by atoms with Crippen molar-refractivity contribution in [1.29, 1.82) is 0 Å². The third kappa shape index (κ3) is 6.22. The molecule has 0 radical (unpaired) electrons. The fraction of sp³-hybridized carbons (Fsp3) is 0.233. The number of nitrogens with zero attached hydrogens (tertiary/aromatic N) is 4. The van der Waals surface area contributed by atoms with Gasteiger partial charge in [0.25, 0.3) is 0 Å². The van der Waals surface area contributed by atoms with Crippen LogP contribution in [0, 0.1) is 24.4 Å². The molecule has 5 aromatic rings. The molecule has 3 aromatic carbocycles. The third-order valence-electron chi connectivity index (χ3n) is 6.63. The van der Waals surface area contributed by atoms with E-state index in [9.17, 15) is 19.0 Å². The number of hydrogen-bond donors (Lipinski definition) is 2. The van der Waals surface area contributed by atoms with Crippen molar-refractivity contribution in [3.8, 4) is 17.3 Å². The van der Waals surface area contributed by atoms with Crippen molar-refractivity contribution >= 4 is 11.0 Å². The fourth-order valence-electron chi connectivity index (χ4n) is 4.46. The number of ether oxygens (including phenoxy) is 2. The van der Waals surface area contributed by atoms with Crippen LogP contribution in [0.2, 0.25) is 0 Å². The molecule has 0 aliphatic rings. The molecule has 0 atom stereocenters. The first kappa shape index (κ1) is 28.2. The molecule has 5 rings (SSSR count). The summed E-state index contributed by atoms with van der Waals surface area (Å²) in [6.07, 6.45) is -0.606. The number of aliphatic hydroxyl groups excluding tert-OH is 1. The predicted octanol–water partition coefficient (Wildman–Crippen LogP) is 5.02. The third-order valence-corrected chi connectivity index (χ3v) is 6.63. The number of hydrogen-bond acceptors (Lipinski definition) is 7. The van der Waals surface area contributed by atoms with Crippen molar-refractivity contribution in [2.75, 3.05) is 13.7 Å². The Balaban J connectivity index is 1.40. The van der Waals surface area contributed by atoms with E-state index in [4.69, 9.17) is 9.47 Å². The molecule has 8 nitrogen and oxygen atoms in total. The molecular formula is C30H27F3N4O4. The van der Waals surface area contributed by atoms with E-state index in [0.717, 1.165) is 11.8 Å². The first-order valence-corrected chi connectivity index (χ1v) is 12.8. The van der Waals surface area contributed by atoms with Crippen LogP contribution in [0.25, 0.3) is 22.3 Å². The number of aromatic nitrogens is 4. The summed E-state index contributed by atoms with van der Waals surface area (Å²) in [4.78, 5) is 12.5. The monoisotopic (exact) mass is 564 g/mol. The van der Waals surface area contributed by atoms with E-state index >= 15 is 4.39 Å². The average Bonchev–Trinajstić information content (AvgIpc) is 3.29. The molecule has 2 aromatic heterocycles. The van der Waals surface area contributed by atoms with Gasteiger partial charge in [-0.15, -0.1) is 0 Å². The van der Waals surface area contributed by atoms with Gasteiger partial charge < -0.3 is 24.3 Å². The van der Waals surface area contributed by atoms with Crippen molar-refractivity contribution < 1.29 is 32.9 Å². The van der Waals surface area contributed by atoms with Crippen molar-refractivity contribution in [3.05, 3.63) is 106 Å². The molecule has 0 fully saturated rings. The molecule has 0 bridgehead atoms. The lowest BCUT2D eigenvalue weighted by Gasteiger charge is -2.11. The second kappa shape index (κ2) is 12.0.